The van der Waals surface area contributed by atoms with Crippen LogP contribution in [0.25, 0.3) is 45.8 Å². The fraction of sp³-hybridized carbons (Fsp3) is 0.206. The highest BCUT2D eigenvalue weighted by Gasteiger charge is 2.24. The summed E-state index contributed by atoms with van der Waals surface area (Å²) in [5.41, 5.74) is 8.46. The summed E-state index contributed by atoms with van der Waals surface area (Å²) in [7, 11) is 0. The largest absolute Gasteiger partial charge is 0.493 e. The van der Waals surface area contributed by atoms with Crippen molar-refractivity contribution in [3.63, 3.8) is 0 Å². The molecular weight excluding hydrogens is 454 g/mol. The van der Waals surface area contributed by atoms with Gasteiger partial charge in [0.2, 0.25) is 5.89 Å². The maximum atomic E-state index is 6.15. The lowest BCUT2D eigenvalue weighted by Crippen LogP contribution is -2.17. The van der Waals surface area contributed by atoms with Crippen LogP contribution in [0.15, 0.2) is 95.4 Å². The maximum absolute atomic E-state index is 6.15. The van der Waals surface area contributed by atoms with Crippen LogP contribution >= 0.6 is 0 Å². The summed E-state index contributed by atoms with van der Waals surface area (Å²) in [6.45, 7) is 9.30. The molecule has 1 heterocycles. The molecule has 0 bridgehead atoms. The molecule has 4 aromatic carbocycles. The quantitative estimate of drug-likeness (QED) is 0.204. The van der Waals surface area contributed by atoms with Crippen LogP contribution in [0, 0.1) is 0 Å². The highest BCUT2D eigenvalue weighted by Crippen LogP contribution is 2.38. The molecule has 1 aromatic heterocycles. The van der Waals surface area contributed by atoms with E-state index >= 15 is 0 Å². The van der Waals surface area contributed by atoms with Gasteiger partial charge in [0, 0.05) is 17.2 Å². The molecule has 0 atom stereocenters. The van der Waals surface area contributed by atoms with Gasteiger partial charge in [-0.1, -0.05) is 99.7 Å². The van der Waals surface area contributed by atoms with Crippen molar-refractivity contribution in [2.45, 2.75) is 39.5 Å². The summed E-state index contributed by atoms with van der Waals surface area (Å²) >= 11 is 0. The van der Waals surface area contributed by atoms with Gasteiger partial charge in [-0.3, -0.25) is 0 Å². The van der Waals surface area contributed by atoms with Crippen molar-refractivity contribution in [2.24, 2.45) is 0 Å². The number of rotatable bonds is 8. The Labute approximate surface area is 219 Å². The Bertz CT molecular complexity index is 1510. The Hall–Kier alpha value is -4.11. The minimum absolute atomic E-state index is 0.00629. The summed E-state index contributed by atoms with van der Waals surface area (Å²) in [6, 6.07) is 31.5. The van der Waals surface area contributed by atoms with Crippen LogP contribution in [0.2, 0.25) is 0 Å². The smallest absolute Gasteiger partial charge is 0.227 e. The Balaban J connectivity index is 1.35. The Morgan fingerprint density at radius 2 is 1.35 bits per heavy atom. The number of hydrogen-bond acceptors (Lipinski definition) is 3. The predicted molar refractivity (Wildman–Crippen MR) is 155 cm³/mol. The van der Waals surface area contributed by atoms with Gasteiger partial charge in [0.15, 0.2) is 5.58 Å². The second-order valence-corrected chi connectivity index (χ2v) is 9.95. The average Bonchev–Trinajstić information content (AvgIpc) is 3.36. The number of hydrogen-bond donors (Lipinski definition) is 0. The van der Waals surface area contributed by atoms with E-state index in [0.29, 0.717) is 12.5 Å². The van der Waals surface area contributed by atoms with E-state index in [1.807, 2.05) is 19.1 Å². The SMILES string of the molecule is CCOc1cc2oc(-c3ccc(C=Cc4ccc(-c5ccccc5)cc4)cc3)nc2cc1C(C)(C)CC. The normalized spacial score (nSPS) is 11.9. The van der Waals surface area contributed by atoms with E-state index in [1.54, 1.807) is 0 Å². The van der Waals surface area contributed by atoms with E-state index in [2.05, 4.69) is 112 Å². The van der Waals surface area contributed by atoms with Crippen molar-refractivity contribution in [1.29, 1.82) is 0 Å². The molecule has 0 saturated carbocycles. The van der Waals surface area contributed by atoms with Gasteiger partial charge < -0.3 is 9.15 Å². The van der Waals surface area contributed by atoms with Crippen molar-refractivity contribution >= 4 is 23.3 Å². The fourth-order valence-corrected chi connectivity index (χ4v) is 4.42. The lowest BCUT2D eigenvalue weighted by molar-refractivity contribution is 0.326. The summed E-state index contributed by atoms with van der Waals surface area (Å²) in [5, 5.41) is 0. The lowest BCUT2D eigenvalue weighted by atomic mass is 9.81. The number of benzene rings is 4. The second kappa shape index (κ2) is 10.5. The van der Waals surface area contributed by atoms with Crippen molar-refractivity contribution in [3.8, 4) is 28.3 Å². The molecule has 0 aliphatic rings. The van der Waals surface area contributed by atoms with Gasteiger partial charge in [0.05, 0.1) is 6.61 Å². The van der Waals surface area contributed by atoms with Crippen LogP contribution in [0.3, 0.4) is 0 Å². The van der Waals surface area contributed by atoms with E-state index in [9.17, 15) is 0 Å². The first-order valence-electron chi connectivity index (χ1n) is 13.0. The van der Waals surface area contributed by atoms with Crippen LogP contribution in [0.5, 0.6) is 5.75 Å². The summed E-state index contributed by atoms with van der Waals surface area (Å²) in [5.74, 6) is 1.50. The van der Waals surface area contributed by atoms with Gasteiger partial charge in [0.1, 0.15) is 11.3 Å². The van der Waals surface area contributed by atoms with E-state index in [1.165, 1.54) is 22.3 Å². The zero-order valence-electron chi connectivity index (χ0n) is 22.0. The molecule has 3 nitrogen and oxygen atoms in total. The Morgan fingerprint density at radius 1 is 0.757 bits per heavy atom. The maximum Gasteiger partial charge on any atom is 0.227 e. The lowest BCUT2D eigenvalue weighted by Gasteiger charge is -2.25. The predicted octanol–water partition coefficient (Wildman–Crippen LogP) is 9.42. The van der Waals surface area contributed by atoms with Gasteiger partial charge in [-0.25, -0.2) is 4.98 Å². The molecular formula is C34H33NO2. The molecule has 5 aromatic rings. The van der Waals surface area contributed by atoms with Crippen molar-refractivity contribution in [2.75, 3.05) is 6.61 Å². The molecule has 0 N–H and O–H groups in total. The van der Waals surface area contributed by atoms with Crippen LogP contribution in [-0.4, -0.2) is 11.6 Å². The molecule has 0 amide bonds. The zero-order valence-corrected chi connectivity index (χ0v) is 22.0. The third kappa shape index (κ3) is 5.36. The second-order valence-electron chi connectivity index (χ2n) is 9.95. The summed E-state index contributed by atoms with van der Waals surface area (Å²) in [6.07, 6.45) is 5.27. The van der Waals surface area contributed by atoms with Gasteiger partial charge in [-0.2, -0.15) is 0 Å². The van der Waals surface area contributed by atoms with Crippen LogP contribution in [0.1, 0.15) is 50.8 Å². The molecule has 0 fully saturated rings. The topological polar surface area (TPSA) is 35.3 Å². The minimum atomic E-state index is -0.00629. The summed E-state index contributed by atoms with van der Waals surface area (Å²) < 4.78 is 12.1. The molecule has 5 rings (SSSR count). The van der Waals surface area contributed by atoms with Gasteiger partial charge in [0.25, 0.3) is 0 Å². The standard InChI is InChI=1S/C34H33NO2/c1-5-34(3,4)29-22-30-32(23-31(29)36-6-2)37-33(35-30)28-20-16-25(17-21-28)13-12-24-14-18-27(19-15-24)26-10-8-7-9-11-26/h7-23H,5-6H2,1-4H3. The monoisotopic (exact) mass is 487 g/mol. The van der Waals surface area contributed by atoms with E-state index in [4.69, 9.17) is 14.1 Å². The Kier molecular flexibility index (Phi) is 6.96. The highest BCUT2D eigenvalue weighted by atomic mass is 16.5. The molecule has 3 heteroatoms. The molecule has 0 spiro atoms. The molecule has 0 aliphatic heterocycles. The number of oxazole rings is 1. The average molecular weight is 488 g/mol. The molecule has 0 aliphatic carbocycles. The first-order chi connectivity index (χ1) is 18.0. The highest BCUT2D eigenvalue weighted by molar-refractivity contribution is 5.80. The molecule has 186 valence electrons. The minimum Gasteiger partial charge on any atom is -0.493 e. The number of fused-ring (bicyclic) bond motifs is 1. The Morgan fingerprint density at radius 3 is 1.95 bits per heavy atom. The van der Waals surface area contributed by atoms with Crippen LogP contribution < -0.4 is 4.74 Å². The first kappa shape index (κ1) is 24.6. The van der Waals surface area contributed by atoms with Crippen molar-refractivity contribution in [1.82, 2.24) is 4.98 Å². The van der Waals surface area contributed by atoms with E-state index in [-0.39, 0.29) is 5.41 Å². The van der Waals surface area contributed by atoms with Crippen molar-refractivity contribution < 1.29 is 9.15 Å². The van der Waals surface area contributed by atoms with E-state index < -0.39 is 0 Å². The molecule has 0 unspecified atom stereocenters. The van der Waals surface area contributed by atoms with Crippen molar-refractivity contribution in [3.05, 3.63) is 108 Å². The van der Waals surface area contributed by atoms with Gasteiger partial charge in [-0.15, -0.1) is 0 Å². The van der Waals surface area contributed by atoms with Gasteiger partial charge >= 0.3 is 0 Å². The van der Waals surface area contributed by atoms with Crippen LogP contribution in [-0.2, 0) is 5.41 Å². The number of aromatic nitrogens is 1. The number of ether oxygens (including phenoxy) is 1. The molecule has 0 radical (unpaired) electrons. The van der Waals surface area contributed by atoms with Crippen LogP contribution in [0.4, 0.5) is 0 Å². The third-order valence-electron chi connectivity index (χ3n) is 7.05. The zero-order chi connectivity index (χ0) is 25.8. The first-order valence-corrected chi connectivity index (χ1v) is 13.0. The molecule has 0 saturated heterocycles. The fourth-order valence-electron chi connectivity index (χ4n) is 4.42. The summed E-state index contributed by atoms with van der Waals surface area (Å²) in [4.78, 5) is 4.81. The third-order valence-corrected chi connectivity index (χ3v) is 7.05. The van der Waals surface area contributed by atoms with E-state index in [0.717, 1.165) is 34.4 Å². The molecule has 37 heavy (non-hydrogen) atoms. The van der Waals surface area contributed by atoms with Gasteiger partial charge in [-0.05, 0) is 59.2 Å². The number of nitrogens with zero attached hydrogens (tertiary/aromatic N) is 1.